The van der Waals surface area contributed by atoms with E-state index < -0.39 is 5.97 Å². The van der Waals surface area contributed by atoms with Crippen LogP contribution in [0.3, 0.4) is 0 Å². The van der Waals surface area contributed by atoms with Gasteiger partial charge in [0.25, 0.3) is 5.56 Å². The number of pyridine rings is 2. The van der Waals surface area contributed by atoms with Crippen molar-refractivity contribution in [1.29, 1.82) is 0 Å². The number of thiazole rings is 1. The molecule has 0 spiro atoms. The van der Waals surface area contributed by atoms with Crippen LogP contribution in [0.1, 0.15) is 21.7 Å². The average molecular weight is 400 g/mol. The van der Waals surface area contributed by atoms with E-state index in [1.165, 1.54) is 23.0 Å². The highest BCUT2D eigenvalue weighted by molar-refractivity contribution is 7.20. The van der Waals surface area contributed by atoms with E-state index in [0.717, 1.165) is 10.2 Å². The van der Waals surface area contributed by atoms with Gasteiger partial charge in [0.15, 0.2) is 5.13 Å². The number of aryl methyl sites for hydroxylation is 2. The fourth-order valence-electron chi connectivity index (χ4n) is 3.15. The van der Waals surface area contributed by atoms with Crippen molar-refractivity contribution in [3.8, 4) is 5.13 Å². The molecule has 0 atom stereocenters. The molecule has 0 amide bonds. The molecule has 1 aromatic carbocycles. The number of benzene rings is 1. The minimum absolute atomic E-state index is 0.284. The minimum Gasteiger partial charge on any atom is -0.465 e. The Hall–Kier alpha value is -2.77. The molecule has 0 saturated carbocycles. The molecule has 0 aliphatic heterocycles. The Balaban J connectivity index is 2.02. The van der Waals surface area contributed by atoms with Crippen molar-refractivity contribution in [3.05, 3.63) is 62.8 Å². The quantitative estimate of drug-likeness (QED) is 0.475. The Morgan fingerprint density at radius 1 is 1.19 bits per heavy atom. The highest BCUT2D eigenvalue weighted by Gasteiger charge is 2.20. The summed E-state index contributed by atoms with van der Waals surface area (Å²) in [6.07, 6.45) is 1.62. The Labute approximate surface area is 163 Å². The third-order valence-electron chi connectivity index (χ3n) is 4.36. The Bertz CT molecular complexity index is 1290. The topological polar surface area (TPSA) is 74.1 Å². The second-order valence-electron chi connectivity index (χ2n) is 6.04. The van der Waals surface area contributed by atoms with Crippen LogP contribution in [-0.2, 0) is 4.74 Å². The Morgan fingerprint density at radius 2 is 1.96 bits per heavy atom. The molecule has 0 bridgehead atoms. The van der Waals surface area contributed by atoms with Crippen molar-refractivity contribution < 1.29 is 9.53 Å². The number of hydrogen-bond donors (Lipinski definition) is 0. The lowest BCUT2D eigenvalue weighted by molar-refractivity contribution is 0.0601. The van der Waals surface area contributed by atoms with Crippen LogP contribution in [0.5, 0.6) is 0 Å². The first-order valence-corrected chi connectivity index (χ1v) is 9.27. The van der Waals surface area contributed by atoms with E-state index in [2.05, 4.69) is 9.97 Å². The van der Waals surface area contributed by atoms with Crippen molar-refractivity contribution in [2.45, 2.75) is 13.8 Å². The van der Waals surface area contributed by atoms with Gasteiger partial charge in [0.2, 0.25) is 0 Å². The zero-order valence-corrected chi connectivity index (χ0v) is 16.3. The first kappa shape index (κ1) is 17.6. The fourth-order valence-corrected chi connectivity index (χ4v) is 4.38. The van der Waals surface area contributed by atoms with Gasteiger partial charge in [-0.3, -0.25) is 14.3 Å². The largest absolute Gasteiger partial charge is 0.465 e. The Morgan fingerprint density at radius 3 is 2.70 bits per heavy atom. The molecule has 0 aliphatic carbocycles. The van der Waals surface area contributed by atoms with Crippen molar-refractivity contribution in [1.82, 2.24) is 14.5 Å². The van der Waals surface area contributed by atoms with E-state index in [-0.39, 0.29) is 5.56 Å². The van der Waals surface area contributed by atoms with E-state index in [1.807, 2.05) is 12.1 Å². The molecule has 4 rings (SSSR count). The van der Waals surface area contributed by atoms with Gasteiger partial charge in [-0.1, -0.05) is 22.9 Å². The predicted molar refractivity (Wildman–Crippen MR) is 106 cm³/mol. The van der Waals surface area contributed by atoms with Gasteiger partial charge in [-0.2, -0.15) is 0 Å². The summed E-state index contributed by atoms with van der Waals surface area (Å²) in [6, 6.07) is 7.12. The number of halogens is 1. The second-order valence-corrected chi connectivity index (χ2v) is 7.48. The predicted octanol–water partition coefficient (Wildman–Crippen LogP) is 4.05. The average Bonchev–Trinajstić information content (AvgIpc) is 3.03. The van der Waals surface area contributed by atoms with Gasteiger partial charge >= 0.3 is 5.97 Å². The van der Waals surface area contributed by atoms with Gasteiger partial charge in [0.05, 0.1) is 39.7 Å². The zero-order valence-electron chi connectivity index (χ0n) is 14.7. The number of fused-ring (bicyclic) bond motifs is 2. The number of carbonyl (C=O) groups excluding carboxylic acids is 1. The third kappa shape index (κ3) is 2.79. The number of esters is 1. The molecule has 0 aliphatic rings. The molecule has 8 heteroatoms. The highest BCUT2D eigenvalue weighted by Crippen LogP contribution is 2.28. The summed E-state index contributed by atoms with van der Waals surface area (Å²) in [5.74, 6) is -0.517. The smallest absolute Gasteiger partial charge is 0.340 e. The lowest BCUT2D eigenvalue weighted by atomic mass is 10.0. The molecule has 0 fully saturated rings. The van der Waals surface area contributed by atoms with E-state index in [4.69, 9.17) is 16.3 Å². The Kier molecular flexibility index (Phi) is 4.20. The lowest BCUT2D eigenvalue weighted by Gasteiger charge is -2.11. The van der Waals surface area contributed by atoms with Crippen molar-refractivity contribution >= 4 is 49.9 Å². The molecule has 0 N–H and O–H groups in total. The highest BCUT2D eigenvalue weighted by atomic mass is 35.5. The third-order valence-corrected chi connectivity index (χ3v) is 5.61. The minimum atomic E-state index is -0.517. The maximum Gasteiger partial charge on any atom is 0.340 e. The summed E-state index contributed by atoms with van der Waals surface area (Å²) in [4.78, 5) is 34.3. The van der Waals surface area contributed by atoms with Crippen LogP contribution < -0.4 is 5.56 Å². The summed E-state index contributed by atoms with van der Waals surface area (Å²) < 4.78 is 7.21. The van der Waals surface area contributed by atoms with Crippen LogP contribution in [0, 0.1) is 13.8 Å². The molecule has 136 valence electrons. The van der Waals surface area contributed by atoms with Gasteiger partial charge in [-0.15, -0.1) is 0 Å². The molecule has 3 aromatic heterocycles. The molecule has 27 heavy (non-hydrogen) atoms. The SMILES string of the molecule is COC(=O)c1c(C)nc(C)c2c(=O)n(-c3nc4ccc(Cl)cc4s3)ccc12. The molecule has 4 aromatic rings. The molecule has 6 nitrogen and oxygen atoms in total. The lowest BCUT2D eigenvalue weighted by Crippen LogP contribution is -2.20. The van der Waals surface area contributed by atoms with Crippen LogP contribution >= 0.6 is 22.9 Å². The number of nitrogens with zero attached hydrogens (tertiary/aromatic N) is 3. The number of ether oxygens (including phenoxy) is 1. The van der Waals surface area contributed by atoms with Crippen LogP contribution in [-0.4, -0.2) is 27.6 Å². The summed E-state index contributed by atoms with van der Waals surface area (Å²) in [7, 11) is 1.31. The van der Waals surface area contributed by atoms with E-state index >= 15 is 0 Å². The van der Waals surface area contributed by atoms with Gasteiger partial charge < -0.3 is 4.74 Å². The van der Waals surface area contributed by atoms with Crippen LogP contribution in [0.25, 0.3) is 26.1 Å². The fraction of sp³-hybridized carbons (Fsp3) is 0.158. The van der Waals surface area contributed by atoms with Gasteiger partial charge in [0.1, 0.15) is 0 Å². The maximum absolute atomic E-state index is 13.2. The van der Waals surface area contributed by atoms with E-state index in [9.17, 15) is 9.59 Å². The maximum atomic E-state index is 13.2. The molecular weight excluding hydrogens is 386 g/mol. The number of hydrogen-bond acceptors (Lipinski definition) is 6. The summed E-state index contributed by atoms with van der Waals surface area (Å²) in [5, 5.41) is 2.04. The first-order valence-electron chi connectivity index (χ1n) is 8.08. The number of rotatable bonds is 2. The van der Waals surface area contributed by atoms with Gasteiger partial charge in [-0.25, -0.2) is 9.78 Å². The summed E-state index contributed by atoms with van der Waals surface area (Å²) >= 11 is 7.40. The van der Waals surface area contributed by atoms with Gasteiger partial charge in [-0.05, 0) is 38.1 Å². The second kappa shape index (κ2) is 6.44. The first-order chi connectivity index (χ1) is 12.9. The van der Waals surface area contributed by atoms with Crippen molar-refractivity contribution in [2.24, 2.45) is 0 Å². The molecule has 0 radical (unpaired) electrons. The van der Waals surface area contributed by atoms with Crippen molar-refractivity contribution in [3.63, 3.8) is 0 Å². The van der Waals surface area contributed by atoms with E-state index in [0.29, 0.717) is 37.9 Å². The monoisotopic (exact) mass is 399 g/mol. The molecule has 3 heterocycles. The van der Waals surface area contributed by atoms with Crippen LogP contribution in [0.4, 0.5) is 0 Å². The molecule has 0 saturated heterocycles. The zero-order chi connectivity index (χ0) is 19.3. The van der Waals surface area contributed by atoms with Gasteiger partial charge in [0, 0.05) is 16.6 Å². The van der Waals surface area contributed by atoms with Crippen LogP contribution in [0.15, 0.2) is 35.3 Å². The van der Waals surface area contributed by atoms with Crippen LogP contribution in [0.2, 0.25) is 5.02 Å². The molecular formula is C19H14ClN3O3S. The number of carbonyl (C=O) groups is 1. The normalized spacial score (nSPS) is 11.3. The standard InChI is InChI=1S/C19H14ClN3O3S/c1-9-15-12(16(10(2)21-9)18(25)26-3)6-7-23(17(15)24)19-22-13-5-4-11(20)8-14(13)27-19/h4-8H,1-3H3. The molecule has 0 unspecified atom stereocenters. The summed E-state index contributed by atoms with van der Waals surface area (Å²) in [6.45, 7) is 3.47. The van der Waals surface area contributed by atoms with E-state index in [1.54, 1.807) is 32.2 Å². The number of methoxy groups -OCH3 is 1. The summed E-state index contributed by atoms with van der Waals surface area (Å²) in [5.41, 5.74) is 1.86. The van der Waals surface area contributed by atoms with Crippen molar-refractivity contribution in [2.75, 3.05) is 7.11 Å². The number of aromatic nitrogens is 3.